The molecule has 11 heavy (non-hydrogen) atoms. The summed E-state index contributed by atoms with van der Waals surface area (Å²) in [7, 11) is 0. The van der Waals surface area contributed by atoms with Gasteiger partial charge in [-0.25, -0.2) is 0 Å². The van der Waals surface area contributed by atoms with E-state index < -0.39 is 0 Å². The van der Waals surface area contributed by atoms with Crippen LogP contribution in [0.15, 0.2) is 30.6 Å². The summed E-state index contributed by atoms with van der Waals surface area (Å²) in [5, 5.41) is 6.89. The van der Waals surface area contributed by atoms with Crippen LogP contribution in [0.5, 0.6) is 0 Å². The molecule has 0 amide bonds. The van der Waals surface area contributed by atoms with E-state index in [1.54, 1.807) is 12.4 Å². The molecule has 1 aromatic rings. The van der Waals surface area contributed by atoms with Crippen LogP contribution >= 0.6 is 0 Å². The van der Waals surface area contributed by atoms with Crippen molar-refractivity contribution in [3.8, 4) is 0 Å². The van der Waals surface area contributed by atoms with Crippen LogP contribution in [0, 0.1) is 0 Å². The molecular formula is C6H10AsCrNO2. The Balaban J connectivity index is -0.000000116. The number of nitrogens with zero attached hydrogens (tertiary/aromatic N) is 1. The van der Waals surface area contributed by atoms with Crippen LogP contribution in [-0.4, -0.2) is 34.5 Å². The fraction of sp³-hybridized carbons (Fsp3) is 0. The first-order chi connectivity index (χ1) is 4.41. The van der Waals surface area contributed by atoms with Gasteiger partial charge in [-0.2, -0.15) is 0 Å². The molecule has 62 valence electrons. The van der Waals surface area contributed by atoms with Crippen LogP contribution in [0.1, 0.15) is 0 Å². The molecule has 5 heteroatoms. The smallest absolute Gasteiger partial charge is 0.0267 e. The minimum absolute atomic E-state index is 0. The third kappa shape index (κ3) is 17.7. The zero-order valence-corrected chi connectivity index (χ0v) is 10.1. The third-order valence-corrected chi connectivity index (χ3v) is 0.566. The Morgan fingerprint density at radius 2 is 1.55 bits per heavy atom. The maximum atomic E-state index is 8.36. The van der Waals surface area contributed by atoms with Crippen LogP contribution in [-0.2, 0) is 22.2 Å². The molecule has 1 aromatic heterocycles. The molecular weight excluding hydrogens is 245 g/mol. The van der Waals surface area contributed by atoms with Gasteiger partial charge in [-0.3, -0.25) is 9.78 Å². The fourth-order valence-electron chi connectivity index (χ4n) is 0.313. The molecule has 0 fully saturated rings. The molecule has 0 spiro atoms. The molecule has 1 unspecified atom stereocenters. The number of carboxylic acid groups (broad SMARTS) is 1. The second-order valence-corrected chi connectivity index (χ2v) is 1.13. The first-order valence-corrected chi connectivity index (χ1v) is 2.34. The summed E-state index contributed by atoms with van der Waals surface area (Å²) in [6, 6.07) is 5.72. The van der Waals surface area contributed by atoms with Crippen molar-refractivity contribution in [3.05, 3.63) is 30.6 Å². The molecule has 0 aromatic carbocycles. The number of rotatable bonds is 0. The fourth-order valence-corrected chi connectivity index (χ4v) is 0.313. The normalized spacial score (nSPS) is 5.45. The molecule has 1 rings (SSSR count). The van der Waals surface area contributed by atoms with Gasteiger partial charge in [0, 0.05) is 29.8 Å². The maximum absolute atomic E-state index is 8.36. The van der Waals surface area contributed by atoms with Crippen molar-refractivity contribution < 1.29 is 27.3 Å². The quantitative estimate of drug-likeness (QED) is 0.506. The Labute approximate surface area is 87.3 Å². The summed E-state index contributed by atoms with van der Waals surface area (Å²) in [6.07, 6.45) is 3.50. The number of hydrogen-bond donors (Lipinski definition) is 1. The van der Waals surface area contributed by atoms with E-state index in [0.29, 0.717) is 0 Å². The molecule has 1 heterocycles. The van der Waals surface area contributed by atoms with E-state index in [4.69, 9.17) is 9.90 Å². The minimum atomic E-state index is -0.250. The van der Waals surface area contributed by atoms with E-state index in [1.165, 1.54) is 0 Å². The third-order valence-electron chi connectivity index (χ3n) is 0.566. The molecule has 1 N–H and O–H groups in total. The summed E-state index contributed by atoms with van der Waals surface area (Å²) in [4.78, 5) is 12.1. The number of hydrogen-bond acceptors (Lipinski definition) is 2. The van der Waals surface area contributed by atoms with Gasteiger partial charge in [0.25, 0.3) is 6.47 Å². The van der Waals surface area contributed by atoms with Crippen LogP contribution in [0.3, 0.4) is 0 Å². The largest absolute Gasteiger partial charge is 0.265 e. The molecule has 0 aliphatic heterocycles. The Morgan fingerprint density at radius 3 is 1.64 bits per heavy atom. The second kappa shape index (κ2) is 16.4. The SMILES string of the molecule is O=CO.[AsH3].[Cr].c1ccncc1. The van der Waals surface area contributed by atoms with Gasteiger partial charge in [-0.15, -0.1) is 0 Å². The molecule has 0 radical (unpaired) electrons. The van der Waals surface area contributed by atoms with Crippen molar-refractivity contribution in [2.24, 2.45) is 0 Å². The van der Waals surface area contributed by atoms with Crippen molar-refractivity contribution in [1.29, 1.82) is 0 Å². The summed E-state index contributed by atoms with van der Waals surface area (Å²) in [5.41, 5.74) is 0. The standard InChI is InChI=1S/C5H5N.CH2O2.AsH3.Cr/c1-2-4-6-5-3-1;2-1-3;;/h1-5H;1H,(H,2,3);1H3;. The van der Waals surface area contributed by atoms with Gasteiger partial charge in [-0.05, 0) is 12.1 Å². The summed E-state index contributed by atoms with van der Waals surface area (Å²) in [6.45, 7) is -0.250. The summed E-state index contributed by atoms with van der Waals surface area (Å²) >= 11 is 0. The molecule has 3 nitrogen and oxygen atoms in total. The molecule has 0 saturated heterocycles. The van der Waals surface area contributed by atoms with Crippen LogP contribution in [0.25, 0.3) is 0 Å². The van der Waals surface area contributed by atoms with E-state index in [9.17, 15) is 0 Å². The van der Waals surface area contributed by atoms with Gasteiger partial charge in [0.2, 0.25) is 0 Å². The first-order valence-electron chi connectivity index (χ1n) is 2.34. The van der Waals surface area contributed by atoms with Crippen molar-refractivity contribution in [3.63, 3.8) is 0 Å². The van der Waals surface area contributed by atoms with Gasteiger partial charge in [0.05, 0.1) is 0 Å². The molecule has 1 atom stereocenters. The monoisotopic (exact) mass is 255 g/mol. The first kappa shape index (κ1) is 17.0. The molecule has 0 bridgehead atoms. The predicted molar refractivity (Wildman–Crippen MR) is 42.9 cm³/mol. The average Bonchev–Trinajstić information content (AvgIpc) is 1.93. The van der Waals surface area contributed by atoms with E-state index in [-0.39, 0.29) is 41.8 Å². The number of pyridine rings is 1. The van der Waals surface area contributed by atoms with Crippen molar-refractivity contribution >= 4 is 24.4 Å². The summed E-state index contributed by atoms with van der Waals surface area (Å²) in [5.74, 6) is 0. The summed E-state index contributed by atoms with van der Waals surface area (Å²) < 4.78 is 0. The van der Waals surface area contributed by atoms with E-state index in [1.807, 2.05) is 18.2 Å². The van der Waals surface area contributed by atoms with Gasteiger partial charge in [0.1, 0.15) is 0 Å². The van der Waals surface area contributed by atoms with Gasteiger partial charge >= 0.3 is 18.0 Å². The Bertz CT molecular complexity index is 124. The maximum Gasteiger partial charge on any atom is 0.0267 e. The zero-order chi connectivity index (χ0) is 6.95. The topological polar surface area (TPSA) is 50.2 Å². The second-order valence-electron chi connectivity index (χ2n) is 1.13. The number of aromatic nitrogens is 1. The van der Waals surface area contributed by atoms with E-state index in [0.717, 1.165) is 0 Å². The van der Waals surface area contributed by atoms with Crippen molar-refractivity contribution in [1.82, 2.24) is 4.98 Å². The Kier molecular flexibility index (Phi) is 25.3. The van der Waals surface area contributed by atoms with E-state index >= 15 is 0 Å². The Hall–Kier alpha value is -0.289. The number of carbonyl (C=O) groups is 1. The van der Waals surface area contributed by atoms with Crippen LogP contribution in [0.4, 0.5) is 0 Å². The Morgan fingerprint density at radius 1 is 1.18 bits per heavy atom. The van der Waals surface area contributed by atoms with Gasteiger partial charge in [0.15, 0.2) is 0 Å². The van der Waals surface area contributed by atoms with Crippen LogP contribution < -0.4 is 0 Å². The predicted octanol–water partition coefficient (Wildman–Crippen LogP) is -0.404. The van der Waals surface area contributed by atoms with Crippen LogP contribution in [0.2, 0.25) is 0 Å². The minimum Gasteiger partial charge on any atom is -0.265 e. The van der Waals surface area contributed by atoms with Crippen molar-refractivity contribution in [2.45, 2.75) is 0 Å². The van der Waals surface area contributed by atoms with Gasteiger partial charge in [-0.1, -0.05) is 6.07 Å². The zero-order valence-electron chi connectivity index (χ0n) is 5.88. The average molecular weight is 255 g/mol. The molecule has 0 saturated carbocycles. The van der Waals surface area contributed by atoms with Crippen molar-refractivity contribution in [2.75, 3.05) is 0 Å². The molecule has 0 aliphatic carbocycles. The van der Waals surface area contributed by atoms with E-state index in [2.05, 4.69) is 4.98 Å². The van der Waals surface area contributed by atoms with Gasteiger partial charge < -0.3 is 5.11 Å². The molecule has 0 aliphatic rings.